The summed E-state index contributed by atoms with van der Waals surface area (Å²) in [5.41, 5.74) is 8.33. The quantitative estimate of drug-likeness (QED) is 0.643. The van der Waals surface area contributed by atoms with Crippen molar-refractivity contribution in [1.82, 2.24) is 10.2 Å². The molecule has 0 amide bonds. The third-order valence-corrected chi connectivity index (χ3v) is 4.08. The van der Waals surface area contributed by atoms with Gasteiger partial charge in [-0.1, -0.05) is 12.8 Å². The molecule has 5 nitrogen and oxygen atoms in total. The second-order valence-corrected chi connectivity index (χ2v) is 5.25. The first kappa shape index (κ1) is 13.8. The Morgan fingerprint density at radius 3 is 2.47 bits per heavy atom. The third-order valence-electron chi connectivity index (χ3n) is 4.08. The minimum Gasteiger partial charge on any atom is -0.384 e. The average molecular weight is 261 g/mol. The van der Waals surface area contributed by atoms with Gasteiger partial charge in [0, 0.05) is 12.6 Å². The molecule has 0 bridgehead atoms. The van der Waals surface area contributed by atoms with Crippen LogP contribution in [0.2, 0.25) is 0 Å². The lowest BCUT2D eigenvalue weighted by molar-refractivity contribution is 0.607. The molecule has 0 unspecified atom stereocenters. The first-order valence-corrected chi connectivity index (χ1v) is 7.01. The van der Waals surface area contributed by atoms with E-state index in [1.165, 1.54) is 25.7 Å². The first-order chi connectivity index (χ1) is 9.06. The summed E-state index contributed by atoms with van der Waals surface area (Å²) in [7, 11) is 0. The second kappa shape index (κ2) is 5.55. The molecule has 19 heavy (non-hydrogen) atoms. The number of amidine groups is 1. The number of aromatic nitrogens is 2. The van der Waals surface area contributed by atoms with Crippen LogP contribution in [-0.4, -0.2) is 28.6 Å². The highest BCUT2D eigenvalue weighted by molar-refractivity contribution is 6.01. The van der Waals surface area contributed by atoms with E-state index in [4.69, 9.17) is 11.1 Å². The average Bonchev–Trinajstić information content (AvgIpc) is 2.88. The van der Waals surface area contributed by atoms with Crippen molar-refractivity contribution < 1.29 is 0 Å². The molecule has 2 rings (SSSR count). The number of nitrogens with two attached hydrogens (primary N) is 1. The molecule has 0 atom stereocenters. The number of nitrogens with one attached hydrogen (secondary N) is 1. The fourth-order valence-electron chi connectivity index (χ4n) is 2.92. The zero-order valence-corrected chi connectivity index (χ0v) is 12.0. The number of rotatable bonds is 4. The topological polar surface area (TPSA) is 78.9 Å². The molecular weight excluding hydrogens is 238 g/mol. The highest BCUT2D eigenvalue weighted by Gasteiger charge is 2.26. The number of hydrogen-bond donors (Lipinski definition) is 2. The summed E-state index contributed by atoms with van der Waals surface area (Å²) in [4.78, 5) is 2.27. The van der Waals surface area contributed by atoms with Gasteiger partial charge in [0.1, 0.15) is 5.84 Å². The molecule has 1 aliphatic rings. The van der Waals surface area contributed by atoms with Gasteiger partial charge >= 0.3 is 0 Å². The maximum atomic E-state index is 7.84. The summed E-state index contributed by atoms with van der Waals surface area (Å²) >= 11 is 0. The van der Waals surface area contributed by atoms with E-state index in [-0.39, 0.29) is 5.84 Å². The Labute approximate surface area is 114 Å². The zero-order valence-electron chi connectivity index (χ0n) is 12.0. The second-order valence-electron chi connectivity index (χ2n) is 5.25. The van der Waals surface area contributed by atoms with Gasteiger partial charge in [0.15, 0.2) is 5.82 Å². The normalized spacial score (nSPS) is 15.7. The van der Waals surface area contributed by atoms with Crippen molar-refractivity contribution >= 4 is 11.7 Å². The van der Waals surface area contributed by atoms with Crippen LogP contribution in [0.25, 0.3) is 0 Å². The van der Waals surface area contributed by atoms with Crippen molar-refractivity contribution in [1.29, 1.82) is 5.41 Å². The number of nitrogens with zero attached hydrogens (tertiary/aromatic N) is 3. The van der Waals surface area contributed by atoms with E-state index in [9.17, 15) is 0 Å². The van der Waals surface area contributed by atoms with E-state index >= 15 is 0 Å². The Hall–Kier alpha value is -1.65. The fourth-order valence-corrected chi connectivity index (χ4v) is 2.92. The molecule has 5 heteroatoms. The standard InChI is InChI=1S/C14H23N5/c1-4-19(11-7-5-6-8-11)14-12(13(15)16)9(2)10(3)17-18-14/h11H,4-8H2,1-3H3,(H3,15,16). The highest BCUT2D eigenvalue weighted by atomic mass is 15.3. The molecule has 1 aromatic heterocycles. The minimum absolute atomic E-state index is 0.0851. The van der Waals surface area contributed by atoms with E-state index in [0.717, 1.165) is 29.2 Å². The Bertz CT molecular complexity index is 477. The van der Waals surface area contributed by atoms with Gasteiger partial charge in [-0.15, -0.1) is 5.10 Å². The molecule has 0 spiro atoms. The molecule has 1 aliphatic carbocycles. The van der Waals surface area contributed by atoms with Crippen molar-refractivity contribution in [2.75, 3.05) is 11.4 Å². The van der Waals surface area contributed by atoms with Crippen LogP contribution >= 0.6 is 0 Å². The SMILES string of the molecule is CCN(c1nnc(C)c(C)c1C(=N)N)C1CCCC1. The van der Waals surface area contributed by atoms with Crippen molar-refractivity contribution in [2.24, 2.45) is 5.73 Å². The summed E-state index contributed by atoms with van der Waals surface area (Å²) < 4.78 is 0. The van der Waals surface area contributed by atoms with Gasteiger partial charge in [0.2, 0.25) is 0 Å². The maximum absolute atomic E-state index is 7.84. The van der Waals surface area contributed by atoms with E-state index in [1.807, 2.05) is 13.8 Å². The van der Waals surface area contributed by atoms with E-state index in [0.29, 0.717) is 6.04 Å². The molecule has 104 valence electrons. The molecule has 1 saturated carbocycles. The lowest BCUT2D eigenvalue weighted by atomic mass is 10.1. The summed E-state index contributed by atoms with van der Waals surface area (Å²) in [5.74, 6) is 0.868. The predicted octanol–water partition coefficient (Wildman–Crippen LogP) is 2.15. The summed E-state index contributed by atoms with van der Waals surface area (Å²) in [6, 6.07) is 0.513. The van der Waals surface area contributed by atoms with Crippen LogP contribution in [0, 0.1) is 19.3 Å². The Balaban J connectivity index is 2.47. The van der Waals surface area contributed by atoms with Gasteiger partial charge in [-0.2, -0.15) is 5.10 Å². The Kier molecular flexibility index (Phi) is 4.02. The molecule has 3 N–H and O–H groups in total. The number of aryl methyl sites for hydroxylation is 1. The largest absolute Gasteiger partial charge is 0.384 e. The van der Waals surface area contributed by atoms with E-state index < -0.39 is 0 Å². The summed E-state index contributed by atoms with van der Waals surface area (Å²) in [6.45, 7) is 6.87. The molecule has 0 aliphatic heterocycles. The van der Waals surface area contributed by atoms with Crippen LogP contribution in [0.4, 0.5) is 5.82 Å². The number of hydrogen-bond acceptors (Lipinski definition) is 4. The predicted molar refractivity (Wildman–Crippen MR) is 77.8 cm³/mol. The molecular formula is C14H23N5. The van der Waals surface area contributed by atoms with Crippen LogP contribution in [-0.2, 0) is 0 Å². The van der Waals surface area contributed by atoms with Crippen molar-refractivity contribution in [3.63, 3.8) is 0 Å². The molecule has 1 heterocycles. The lowest BCUT2D eigenvalue weighted by Gasteiger charge is -2.30. The fraction of sp³-hybridized carbons (Fsp3) is 0.643. The summed E-state index contributed by atoms with van der Waals surface area (Å²) in [6.07, 6.45) is 4.93. The van der Waals surface area contributed by atoms with Crippen LogP contribution in [0.1, 0.15) is 49.4 Å². The van der Waals surface area contributed by atoms with Crippen LogP contribution < -0.4 is 10.6 Å². The van der Waals surface area contributed by atoms with Crippen molar-refractivity contribution in [3.05, 3.63) is 16.8 Å². The van der Waals surface area contributed by atoms with E-state index in [1.54, 1.807) is 0 Å². The van der Waals surface area contributed by atoms with Gasteiger partial charge in [-0.3, -0.25) is 5.41 Å². The minimum atomic E-state index is 0.0851. The Morgan fingerprint density at radius 1 is 1.32 bits per heavy atom. The van der Waals surface area contributed by atoms with Gasteiger partial charge in [0.05, 0.1) is 11.3 Å². The monoisotopic (exact) mass is 261 g/mol. The third kappa shape index (κ3) is 2.55. The van der Waals surface area contributed by atoms with E-state index in [2.05, 4.69) is 22.0 Å². The summed E-state index contributed by atoms with van der Waals surface area (Å²) in [5, 5.41) is 16.4. The first-order valence-electron chi connectivity index (χ1n) is 7.01. The highest BCUT2D eigenvalue weighted by Crippen LogP contribution is 2.30. The van der Waals surface area contributed by atoms with Crippen LogP contribution in [0.5, 0.6) is 0 Å². The van der Waals surface area contributed by atoms with Crippen LogP contribution in [0.3, 0.4) is 0 Å². The zero-order chi connectivity index (χ0) is 14.0. The number of nitrogen functional groups attached to an aromatic ring is 1. The molecule has 0 radical (unpaired) electrons. The van der Waals surface area contributed by atoms with Gasteiger partial charge in [-0.25, -0.2) is 0 Å². The molecule has 1 aromatic rings. The van der Waals surface area contributed by atoms with Crippen LogP contribution in [0.15, 0.2) is 0 Å². The van der Waals surface area contributed by atoms with Crippen molar-refractivity contribution in [3.8, 4) is 0 Å². The van der Waals surface area contributed by atoms with Gasteiger partial charge in [-0.05, 0) is 39.2 Å². The molecule has 0 saturated heterocycles. The molecule has 1 fully saturated rings. The van der Waals surface area contributed by atoms with Gasteiger partial charge < -0.3 is 10.6 Å². The van der Waals surface area contributed by atoms with Crippen molar-refractivity contribution in [2.45, 2.75) is 52.5 Å². The molecule has 0 aromatic carbocycles. The number of anilines is 1. The lowest BCUT2D eigenvalue weighted by Crippen LogP contribution is -2.36. The maximum Gasteiger partial charge on any atom is 0.162 e. The van der Waals surface area contributed by atoms with Gasteiger partial charge in [0.25, 0.3) is 0 Å². The Morgan fingerprint density at radius 2 is 1.95 bits per heavy atom. The smallest absolute Gasteiger partial charge is 0.162 e.